The largest absolute Gasteiger partial charge is 0.271 e. The van der Waals surface area contributed by atoms with E-state index in [0.717, 1.165) is 12.8 Å². The Morgan fingerprint density at radius 2 is 1.95 bits per heavy atom. The van der Waals surface area contributed by atoms with Crippen molar-refractivity contribution in [3.63, 3.8) is 0 Å². The fraction of sp³-hybridized carbons (Fsp3) is 0.571. The standard InChI is InChI=1S/C14H22N2O2S/c1-2-11-3-5-12(6-4-11)9-14(16-15)13-7-8-19(17,18)10-13/h3-6,13-14,16H,2,7-10,15H2,1H3. The average Bonchev–Trinajstić information content (AvgIpc) is 2.77. The van der Waals surface area contributed by atoms with E-state index in [0.29, 0.717) is 12.2 Å². The average molecular weight is 282 g/mol. The molecule has 0 spiro atoms. The van der Waals surface area contributed by atoms with Gasteiger partial charge in [-0.25, -0.2) is 8.42 Å². The predicted octanol–water partition coefficient (Wildman–Crippen LogP) is 1.06. The first-order valence-electron chi connectivity index (χ1n) is 6.78. The molecule has 2 rings (SSSR count). The number of hydrogen-bond donors (Lipinski definition) is 2. The molecule has 106 valence electrons. The highest BCUT2D eigenvalue weighted by Gasteiger charge is 2.33. The Hall–Kier alpha value is -0.910. The summed E-state index contributed by atoms with van der Waals surface area (Å²) in [6.45, 7) is 2.13. The number of nitrogens with one attached hydrogen (secondary N) is 1. The quantitative estimate of drug-likeness (QED) is 0.625. The van der Waals surface area contributed by atoms with E-state index in [1.54, 1.807) is 0 Å². The highest BCUT2D eigenvalue weighted by molar-refractivity contribution is 7.91. The molecule has 19 heavy (non-hydrogen) atoms. The Balaban J connectivity index is 2.02. The number of hydrogen-bond acceptors (Lipinski definition) is 4. The first kappa shape index (κ1) is 14.5. The summed E-state index contributed by atoms with van der Waals surface area (Å²) in [6, 6.07) is 8.48. The third kappa shape index (κ3) is 3.78. The van der Waals surface area contributed by atoms with Gasteiger partial charge in [0.15, 0.2) is 9.84 Å². The van der Waals surface area contributed by atoms with Gasteiger partial charge in [-0.3, -0.25) is 11.3 Å². The molecular weight excluding hydrogens is 260 g/mol. The van der Waals surface area contributed by atoms with Crippen molar-refractivity contribution >= 4 is 9.84 Å². The van der Waals surface area contributed by atoms with Gasteiger partial charge in [0, 0.05) is 6.04 Å². The van der Waals surface area contributed by atoms with Gasteiger partial charge < -0.3 is 0 Å². The molecule has 0 radical (unpaired) electrons. The van der Waals surface area contributed by atoms with Crippen molar-refractivity contribution in [1.82, 2.24) is 5.43 Å². The number of sulfone groups is 1. The summed E-state index contributed by atoms with van der Waals surface area (Å²) >= 11 is 0. The van der Waals surface area contributed by atoms with Crippen LogP contribution in [0.3, 0.4) is 0 Å². The van der Waals surface area contributed by atoms with Gasteiger partial charge in [-0.15, -0.1) is 0 Å². The summed E-state index contributed by atoms with van der Waals surface area (Å²) in [7, 11) is -2.85. The molecule has 1 aliphatic heterocycles. The summed E-state index contributed by atoms with van der Waals surface area (Å²) in [6.07, 6.45) is 2.52. The van der Waals surface area contributed by atoms with E-state index in [1.807, 2.05) is 0 Å². The molecule has 1 heterocycles. The van der Waals surface area contributed by atoms with Crippen LogP contribution in [-0.2, 0) is 22.7 Å². The van der Waals surface area contributed by atoms with Crippen molar-refractivity contribution in [3.05, 3.63) is 35.4 Å². The number of hydrazine groups is 1. The van der Waals surface area contributed by atoms with E-state index in [1.165, 1.54) is 11.1 Å². The molecule has 0 aromatic heterocycles. The van der Waals surface area contributed by atoms with E-state index >= 15 is 0 Å². The van der Waals surface area contributed by atoms with Crippen LogP contribution in [0.4, 0.5) is 0 Å². The first-order chi connectivity index (χ1) is 9.04. The van der Waals surface area contributed by atoms with Gasteiger partial charge in [-0.2, -0.15) is 0 Å². The van der Waals surface area contributed by atoms with Gasteiger partial charge in [0.1, 0.15) is 0 Å². The van der Waals surface area contributed by atoms with Crippen LogP contribution in [0.1, 0.15) is 24.5 Å². The molecule has 0 saturated carbocycles. The van der Waals surface area contributed by atoms with Crippen molar-refractivity contribution in [2.24, 2.45) is 11.8 Å². The molecule has 0 bridgehead atoms. The van der Waals surface area contributed by atoms with E-state index in [-0.39, 0.29) is 17.7 Å². The van der Waals surface area contributed by atoms with Crippen LogP contribution in [0.2, 0.25) is 0 Å². The van der Waals surface area contributed by atoms with Crippen molar-refractivity contribution in [2.45, 2.75) is 32.2 Å². The Morgan fingerprint density at radius 1 is 1.32 bits per heavy atom. The van der Waals surface area contributed by atoms with Crippen LogP contribution in [0.5, 0.6) is 0 Å². The maximum Gasteiger partial charge on any atom is 0.150 e. The lowest BCUT2D eigenvalue weighted by Crippen LogP contribution is -2.43. The second-order valence-corrected chi connectivity index (χ2v) is 7.54. The van der Waals surface area contributed by atoms with Crippen LogP contribution in [0.15, 0.2) is 24.3 Å². The molecule has 4 nitrogen and oxygen atoms in total. The third-order valence-corrected chi connectivity index (χ3v) is 5.73. The Kier molecular flexibility index (Phi) is 4.60. The molecule has 0 amide bonds. The zero-order valence-corrected chi connectivity index (χ0v) is 12.1. The normalized spacial score (nSPS) is 23.4. The highest BCUT2D eigenvalue weighted by Crippen LogP contribution is 2.23. The van der Waals surface area contributed by atoms with Gasteiger partial charge in [0.2, 0.25) is 0 Å². The number of nitrogens with two attached hydrogens (primary N) is 1. The third-order valence-electron chi connectivity index (χ3n) is 3.94. The fourth-order valence-electron chi connectivity index (χ4n) is 2.67. The zero-order valence-electron chi connectivity index (χ0n) is 11.3. The molecule has 2 unspecified atom stereocenters. The van der Waals surface area contributed by atoms with Gasteiger partial charge in [0.25, 0.3) is 0 Å². The van der Waals surface area contributed by atoms with Crippen LogP contribution in [0, 0.1) is 5.92 Å². The van der Waals surface area contributed by atoms with Crippen molar-refractivity contribution in [3.8, 4) is 0 Å². The molecule has 1 aromatic carbocycles. The Labute approximate surface area is 115 Å². The van der Waals surface area contributed by atoms with E-state index < -0.39 is 9.84 Å². The molecule has 3 N–H and O–H groups in total. The van der Waals surface area contributed by atoms with Crippen molar-refractivity contribution in [2.75, 3.05) is 11.5 Å². The number of rotatable bonds is 5. The second-order valence-electron chi connectivity index (χ2n) is 5.31. The molecule has 1 aromatic rings. The minimum Gasteiger partial charge on any atom is -0.271 e. The lowest BCUT2D eigenvalue weighted by molar-refractivity contribution is 0.385. The summed E-state index contributed by atoms with van der Waals surface area (Å²) in [4.78, 5) is 0. The molecule has 1 aliphatic rings. The van der Waals surface area contributed by atoms with Crippen LogP contribution in [0.25, 0.3) is 0 Å². The van der Waals surface area contributed by atoms with Gasteiger partial charge in [-0.1, -0.05) is 31.2 Å². The molecule has 5 heteroatoms. The lowest BCUT2D eigenvalue weighted by atomic mass is 9.93. The predicted molar refractivity (Wildman–Crippen MR) is 77.4 cm³/mol. The molecule has 1 fully saturated rings. The van der Waals surface area contributed by atoms with Crippen LogP contribution in [-0.4, -0.2) is 26.0 Å². The monoisotopic (exact) mass is 282 g/mol. The molecule has 1 saturated heterocycles. The molecule has 2 atom stereocenters. The maximum absolute atomic E-state index is 11.5. The van der Waals surface area contributed by atoms with Crippen molar-refractivity contribution in [1.29, 1.82) is 0 Å². The Morgan fingerprint density at radius 3 is 2.42 bits per heavy atom. The van der Waals surface area contributed by atoms with E-state index in [4.69, 9.17) is 5.84 Å². The molecule has 0 aliphatic carbocycles. The first-order valence-corrected chi connectivity index (χ1v) is 8.60. The maximum atomic E-state index is 11.5. The smallest absolute Gasteiger partial charge is 0.150 e. The summed E-state index contributed by atoms with van der Waals surface area (Å²) < 4.78 is 23.1. The van der Waals surface area contributed by atoms with E-state index in [9.17, 15) is 8.42 Å². The van der Waals surface area contributed by atoms with Crippen molar-refractivity contribution < 1.29 is 8.42 Å². The fourth-order valence-corrected chi connectivity index (χ4v) is 4.55. The number of benzene rings is 1. The van der Waals surface area contributed by atoms with E-state index in [2.05, 4.69) is 36.6 Å². The highest BCUT2D eigenvalue weighted by atomic mass is 32.2. The van der Waals surface area contributed by atoms with Crippen LogP contribution >= 0.6 is 0 Å². The lowest BCUT2D eigenvalue weighted by Gasteiger charge is -2.21. The Bertz CT molecular complexity index is 511. The molecular formula is C14H22N2O2S. The van der Waals surface area contributed by atoms with Gasteiger partial charge in [0.05, 0.1) is 11.5 Å². The van der Waals surface area contributed by atoms with Crippen LogP contribution < -0.4 is 11.3 Å². The SMILES string of the molecule is CCc1ccc(CC(NN)C2CCS(=O)(=O)C2)cc1. The summed E-state index contributed by atoms with van der Waals surface area (Å²) in [5, 5.41) is 0. The summed E-state index contributed by atoms with van der Waals surface area (Å²) in [5.74, 6) is 6.28. The second kappa shape index (κ2) is 6.03. The van der Waals surface area contributed by atoms with Gasteiger partial charge >= 0.3 is 0 Å². The zero-order chi connectivity index (χ0) is 13.9. The van der Waals surface area contributed by atoms with Gasteiger partial charge in [-0.05, 0) is 36.3 Å². The number of aryl methyl sites for hydroxylation is 1. The summed E-state index contributed by atoms with van der Waals surface area (Å²) in [5.41, 5.74) is 5.30. The minimum atomic E-state index is -2.85. The minimum absolute atomic E-state index is 0.0322. The topological polar surface area (TPSA) is 72.2 Å².